The van der Waals surface area contributed by atoms with Crippen molar-refractivity contribution >= 4 is 56.3 Å². The van der Waals surface area contributed by atoms with E-state index in [0.717, 1.165) is 5.56 Å². The summed E-state index contributed by atoms with van der Waals surface area (Å²) in [4.78, 5) is 33.4. The molecule has 0 atom stereocenters. The highest BCUT2D eigenvalue weighted by Gasteiger charge is 2.27. The second kappa shape index (κ2) is 13.0. The van der Waals surface area contributed by atoms with Crippen molar-refractivity contribution < 1.29 is 27.5 Å². The van der Waals surface area contributed by atoms with Crippen LogP contribution < -0.4 is 15.4 Å². The van der Waals surface area contributed by atoms with Crippen LogP contribution in [0.4, 0.5) is 21.0 Å². The molecule has 2 aromatic heterocycles. The highest BCUT2D eigenvalue weighted by atomic mass is 32.2. The number of amides is 2. The molecule has 0 fully saturated rings. The summed E-state index contributed by atoms with van der Waals surface area (Å²) < 4.78 is 40.0. The van der Waals surface area contributed by atoms with E-state index in [0.29, 0.717) is 26.1 Å². The fourth-order valence-electron chi connectivity index (χ4n) is 3.68. The maximum atomic E-state index is 13.5. The number of carbonyl (C=O) groups is 2. The zero-order valence-corrected chi connectivity index (χ0v) is 26.1. The third-order valence-electron chi connectivity index (χ3n) is 5.26. The van der Waals surface area contributed by atoms with Gasteiger partial charge >= 0.3 is 12.2 Å². The molecule has 14 heteroatoms. The zero-order chi connectivity index (χ0) is 30.5. The molecule has 0 aliphatic heterocycles. The van der Waals surface area contributed by atoms with E-state index in [1.165, 1.54) is 28.7 Å². The van der Waals surface area contributed by atoms with E-state index >= 15 is 0 Å². The zero-order valence-electron chi connectivity index (χ0n) is 23.6. The average molecular weight is 630 g/mol. The maximum absolute atomic E-state index is 13.5. The van der Waals surface area contributed by atoms with Crippen molar-refractivity contribution in [2.75, 3.05) is 10.6 Å². The number of aromatic nitrogens is 2. The SMILES string of the molecule is CC(C)OC(=O)Nc1ccc(-c2ncc(-c3ccc(NC(=O)OCc4nccs4)cc3S(=O)(=O)NC(C)(C)C)s2)cc1. The Morgan fingerprint density at radius 1 is 0.976 bits per heavy atom. The third kappa shape index (κ3) is 8.58. The van der Waals surface area contributed by atoms with Crippen LogP contribution in [0.1, 0.15) is 39.6 Å². The van der Waals surface area contributed by atoms with Crippen LogP contribution in [0.5, 0.6) is 0 Å². The van der Waals surface area contributed by atoms with E-state index in [4.69, 9.17) is 9.47 Å². The van der Waals surface area contributed by atoms with Crippen molar-refractivity contribution in [2.24, 2.45) is 0 Å². The Bertz CT molecular complexity index is 1640. The van der Waals surface area contributed by atoms with Crippen LogP contribution in [0, 0.1) is 0 Å². The summed E-state index contributed by atoms with van der Waals surface area (Å²) in [5.74, 6) is 0. The van der Waals surface area contributed by atoms with Crippen molar-refractivity contribution in [1.82, 2.24) is 14.7 Å². The van der Waals surface area contributed by atoms with E-state index in [9.17, 15) is 18.0 Å². The monoisotopic (exact) mass is 629 g/mol. The van der Waals surface area contributed by atoms with Gasteiger partial charge in [0.25, 0.3) is 0 Å². The molecule has 0 aliphatic rings. The summed E-state index contributed by atoms with van der Waals surface area (Å²) in [7, 11) is -4.01. The molecule has 2 aromatic carbocycles. The number of carbonyl (C=O) groups excluding carboxylic acids is 2. The van der Waals surface area contributed by atoms with Crippen molar-refractivity contribution in [3.8, 4) is 21.0 Å². The van der Waals surface area contributed by atoms with Crippen LogP contribution in [0.25, 0.3) is 21.0 Å². The average Bonchev–Trinajstić information content (AvgIpc) is 3.59. The molecule has 0 bridgehead atoms. The molecule has 2 amide bonds. The number of hydrogen-bond acceptors (Lipinski definition) is 10. The molecule has 0 unspecified atom stereocenters. The van der Waals surface area contributed by atoms with E-state index in [-0.39, 0.29) is 23.3 Å². The van der Waals surface area contributed by atoms with Crippen LogP contribution in [0.15, 0.2) is 65.1 Å². The third-order valence-corrected chi connectivity index (χ3v) is 8.89. The molecular formula is C28H31N5O6S3. The Morgan fingerprint density at radius 3 is 2.31 bits per heavy atom. The molecule has 0 radical (unpaired) electrons. The molecule has 4 rings (SSSR count). The van der Waals surface area contributed by atoms with Gasteiger partial charge in [-0.25, -0.2) is 32.7 Å². The number of rotatable bonds is 9. The highest BCUT2D eigenvalue weighted by Crippen LogP contribution is 2.37. The molecule has 2 heterocycles. The number of ether oxygens (including phenoxy) is 2. The number of benzene rings is 2. The predicted octanol–water partition coefficient (Wildman–Crippen LogP) is 6.72. The van der Waals surface area contributed by atoms with Crippen LogP contribution in [0.2, 0.25) is 0 Å². The Kier molecular flexibility index (Phi) is 9.61. The maximum Gasteiger partial charge on any atom is 0.412 e. The number of hydrogen-bond donors (Lipinski definition) is 3. The van der Waals surface area contributed by atoms with E-state index in [1.807, 2.05) is 0 Å². The Hall–Kier alpha value is -3.85. The van der Waals surface area contributed by atoms with Gasteiger partial charge in [0.15, 0.2) is 0 Å². The second-order valence-corrected chi connectivity index (χ2v) is 14.0. The van der Waals surface area contributed by atoms with Gasteiger partial charge in [-0.3, -0.25) is 10.6 Å². The lowest BCUT2D eigenvalue weighted by molar-refractivity contribution is 0.130. The summed E-state index contributed by atoms with van der Waals surface area (Å²) in [6, 6.07) is 11.7. The summed E-state index contributed by atoms with van der Waals surface area (Å²) in [5, 5.41) is 8.32. The van der Waals surface area contributed by atoms with Crippen molar-refractivity contribution in [2.45, 2.75) is 57.8 Å². The number of thiazole rings is 2. The van der Waals surface area contributed by atoms with Gasteiger partial charge in [-0.2, -0.15) is 0 Å². The van der Waals surface area contributed by atoms with Gasteiger partial charge in [-0.05, 0) is 71.0 Å². The van der Waals surface area contributed by atoms with E-state index in [1.54, 1.807) is 88.8 Å². The Labute approximate surface area is 252 Å². The minimum Gasteiger partial charge on any atom is -0.447 e. The molecule has 42 heavy (non-hydrogen) atoms. The summed E-state index contributed by atoms with van der Waals surface area (Å²) in [5.41, 5.74) is 1.28. The minimum absolute atomic E-state index is 0.00102. The second-order valence-electron chi connectivity index (χ2n) is 10.4. The van der Waals surface area contributed by atoms with E-state index < -0.39 is 27.7 Å². The van der Waals surface area contributed by atoms with Gasteiger partial charge in [-0.1, -0.05) is 6.07 Å². The van der Waals surface area contributed by atoms with Crippen LogP contribution in [0.3, 0.4) is 0 Å². The number of nitrogens with one attached hydrogen (secondary N) is 3. The van der Waals surface area contributed by atoms with Crippen LogP contribution in [-0.2, 0) is 26.1 Å². The fraction of sp³-hybridized carbons (Fsp3) is 0.286. The van der Waals surface area contributed by atoms with Crippen LogP contribution >= 0.6 is 22.7 Å². The molecular weight excluding hydrogens is 599 g/mol. The first-order chi connectivity index (χ1) is 19.8. The van der Waals surface area contributed by atoms with Gasteiger partial charge < -0.3 is 9.47 Å². The standard InChI is InChI=1S/C28H31N5O6S3/c1-17(2)39-27(35)31-19-8-6-18(7-9-19)25-30-15-22(41-25)21-11-10-20(14-23(21)42(36,37)33-28(3,4)5)32-26(34)38-16-24-29-12-13-40-24/h6-15,17,33H,16H2,1-5H3,(H,31,35)(H,32,34). The first kappa shape index (κ1) is 31.1. The molecule has 3 N–H and O–H groups in total. The van der Waals surface area contributed by atoms with Gasteiger partial charge in [0.1, 0.15) is 16.6 Å². The minimum atomic E-state index is -4.01. The number of nitrogens with zero attached hydrogens (tertiary/aromatic N) is 2. The highest BCUT2D eigenvalue weighted by molar-refractivity contribution is 7.89. The quantitative estimate of drug-likeness (QED) is 0.185. The van der Waals surface area contributed by atoms with Gasteiger partial charge in [0.2, 0.25) is 10.0 Å². The first-order valence-corrected chi connectivity index (χ1v) is 16.0. The van der Waals surface area contributed by atoms with Gasteiger partial charge in [0, 0.05) is 45.8 Å². The molecule has 0 saturated heterocycles. The molecule has 4 aromatic rings. The van der Waals surface area contributed by atoms with E-state index in [2.05, 4.69) is 25.3 Å². The molecule has 11 nitrogen and oxygen atoms in total. The number of anilines is 2. The number of sulfonamides is 1. The van der Waals surface area contributed by atoms with Crippen molar-refractivity contribution in [3.05, 3.63) is 65.2 Å². The van der Waals surface area contributed by atoms with Gasteiger partial charge in [-0.15, -0.1) is 22.7 Å². The largest absolute Gasteiger partial charge is 0.447 e. The van der Waals surface area contributed by atoms with Crippen molar-refractivity contribution in [1.29, 1.82) is 0 Å². The molecule has 222 valence electrons. The lowest BCUT2D eigenvalue weighted by Gasteiger charge is -2.22. The molecule has 0 aliphatic carbocycles. The lowest BCUT2D eigenvalue weighted by atomic mass is 10.1. The lowest BCUT2D eigenvalue weighted by Crippen LogP contribution is -2.40. The first-order valence-electron chi connectivity index (χ1n) is 12.8. The summed E-state index contributed by atoms with van der Waals surface area (Å²) in [6.45, 7) is 8.77. The normalized spacial score (nSPS) is 11.8. The molecule has 0 saturated carbocycles. The van der Waals surface area contributed by atoms with Crippen LogP contribution in [-0.4, -0.2) is 42.2 Å². The Balaban J connectivity index is 1.59. The predicted molar refractivity (Wildman–Crippen MR) is 164 cm³/mol. The Morgan fingerprint density at radius 2 is 1.67 bits per heavy atom. The fourth-order valence-corrected chi connectivity index (χ4v) is 6.90. The smallest absolute Gasteiger partial charge is 0.412 e. The summed E-state index contributed by atoms with van der Waals surface area (Å²) in [6.07, 6.45) is 1.70. The van der Waals surface area contributed by atoms with Crippen molar-refractivity contribution in [3.63, 3.8) is 0 Å². The topological polar surface area (TPSA) is 149 Å². The summed E-state index contributed by atoms with van der Waals surface area (Å²) >= 11 is 2.67. The van der Waals surface area contributed by atoms with Gasteiger partial charge in [0.05, 0.1) is 15.9 Å². The molecule has 0 spiro atoms.